The van der Waals surface area contributed by atoms with E-state index in [1.165, 1.54) is 11.3 Å². The number of hydrogen-bond acceptors (Lipinski definition) is 3. The molecule has 2 aliphatic rings. The first-order valence-corrected chi connectivity index (χ1v) is 7.35. The summed E-state index contributed by atoms with van der Waals surface area (Å²) in [5.41, 5.74) is 2.03. The van der Waals surface area contributed by atoms with Gasteiger partial charge in [0.1, 0.15) is 0 Å². The van der Waals surface area contributed by atoms with Gasteiger partial charge in [0, 0.05) is 18.3 Å². The standard InChI is InChI=1S/C16H24N2O/c1-12-11-16(19,9-10-18(12)2)15-8-7-13-5-3-4-6-14(13)17-15/h3-6,12,15,17,19H,7-11H2,1-2H3. The highest BCUT2D eigenvalue weighted by Crippen LogP contribution is 2.36. The van der Waals surface area contributed by atoms with Crippen molar-refractivity contribution in [1.29, 1.82) is 0 Å². The van der Waals surface area contributed by atoms with Crippen molar-refractivity contribution in [3.8, 4) is 0 Å². The maximum atomic E-state index is 11.0. The van der Waals surface area contributed by atoms with Crippen molar-refractivity contribution in [2.24, 2.45) is 0 Å². The molecule has 1 saturated heterocycles. The minimum Gasteiger partial charge on any atom is -0.388 e. The van der Waals surface area contributed by atoms with Gasteiger partial charge >= 0.3 is 0 Å². The number of likely N-dealkylation sites (tertiary alicyclic amines) is 1. The number of piperidine rings is 1. The van der Waals surface area contributed by atoms with E-state index in [1.807, 2.05) is 0 Å². The van der Waals surface area contributed by atoms with E-state index in [1.54, 1.807) is 0 Å². The average Bonchev–Trinajstić information content (AvgIpc) is 2.43. The quantitative estimate of drug-likeness (QED) is 0.813. The SMILES string of the molecule is CC1CC(O)(C2CCc3ccccc3N2)CCN1C. The van der Waals surface area contributed by atoms with E-state index >= 15 is 0 Å². The Morgan fingerprint density at radius 1 is 1.37 bits per heavy atom. The molecule has 2 heterocycles. The number of aliphatic hydroxyl groups is 1. The van der Waals surface area contributed by atoms with Crippen molar-refractivity contribution in [3.63, 3.8) is 0 Å². The normalized spacial score (nSPS) is 35.5. The number of para-hydroxylation sites is 1. The van der Waals surface area contributed by atoms with Crippen LogP contribution in [-0.2, 0) is 6.42 Å². The van der Waals surface area contributed by atoms with Gasteiger partial charge in [-0.2, -0.15) is 0 Å². The number of anilines is 1. The summed E-state index contributed by atoms with van der Waals surface area (Å²) in [5, 5.41) is 14.6. The molecule has 2 N–H and O–H groups in total. The van der Waals surface area contributed by atoms with Crippen LogP contribution in [0, 0.1) is 0 Å². The summed E-state index contributed by atoms with van der Waals surface area (Å²) in [6.07, 6.45) is 3.83. The second kappa shape index (κ2) is 4.80. The molecule has 19 heavy (non-hydrogen) atoms. The lowest BCUT2D eigenvalue weighted by Crippen LogP contribution is -2.57. The van der Waals surface area contributed by atoms with Gasteiger partial charge in [0.25, 0.3) is 0 Å². The first-order chi connectivity index (χ1) is 9.08. The van der Waals surface area contributed by atoms with Crippen molar-refractivity contribution in [2.75, 3.05) is 18.9 Å². The first kappa shape index (κ1) is 12.9. The molecule has 1 aromatic carbocycles. The fourth-order valence-corrected chi connectivity index (χ4v) is 3.52. The molecule has 3 heteroatoms. The number of hydrogen-bond donors (Lipinski definition) is 2. The Hall–Kier alpha value is -1.06. The minimum absolute atomic E-state index is 0.193. The maximum Gasteiger partial charge on any atom is 0.0874 e. The molecule has 0 bridgehead atoms. The van der Waals surface area contributed by atoms with E-state index in [9.17, 15) is 5.11 Å². The van der Waals surface area contributed by atoms with E-state index in [0.29, 0.717) is 6.04 Å². The molecule has 0 spiro atoms. The number of nitrogens with zero attached hydrogens (tertiary/aromatic N) is 1. The topological polar surface area (TPSA) is 35.5 Å². The Balaban J connectivity index is 1.77. The van der Waals surface area contributed by atoms with E-state index in [-0.39, 0.29) is 6.04 Å². The molecule has 0 aromatic heterocycles. The molecule has 3 unspecified atom stereocenters. The van der Waals surface area contributed by atoms with Crippen LogP contribution in [0.4, 0.5) is 5.69 Å². The second-order valence-corrected chi connectivity index (χ2v) is 6.28. The van der Waals surface area contributed by atoms with Crippen molar-refractivity contribution < 1.29 is 5.11 Å². The first-order valence-electron chi connectivity index (χ1n) is 7.35. The van der Waals surface area contributed by atoms with Crippen molar-refractivity contribution >= 4 is 5.69 Å². The number of fused-ring (bicyclic) bond motifs is 1. The molecule has 0 amide bonds. The number of nitrogens with one attached hydrogen (secondary N) is 1. The summed E-state index contributed by atoms with van der Waals surface area (Å²) < 4.78 is 0. The smallest absolute Gasteiger partial charge is 0.0874 e. The number of aryl methyl sites for hydroxylation is 1. The minimum atomic E-state index is -0.556. The predicted molar refractivity (Wildman–Crippen MR) is 78.4 cm³/mol. The zero-order valence-electron chi connectivity index (χ0n) is 11.9. The zero-order valence-corrected chi connectivity index (χ0v) is 11.9. The van der Waals surface area contributed by atoms with Crippen LogP contribution in [0.25, 0.3) is 0 Å². The van der Waals surface area contributed by atoms with Crippen LogP contribution in [0.15, 0.2) is 24.3 Å². The third-order valence-electron chi connectivity index (χ3n) is 5.00. The predicted octanol–water partition coefficient (Wildman–Crippen LogP) is 2.26. The molecule has 3 nitrogen and oxygen atoms in total. The highest BCUT2D eigenvalue weighted by atomic mass is 16.3. The van der Waals surface area contributed by atoms with Crippen LogP contribution >= 0.6 is 0 Å². The molecular weight excluding hydrogens is 236 g/mol. The molecule has 0 aliphatic carbocycles. The Morgan fingerprint density at radius 3 is 2.95 bits per heavy atom. The summed E-state index contributed by atoms with van der Waals surface area (Å²) in [5.74, 6) is 0. The average molecular weight is 260 g/mol. The van der Waals surface area contributed by atoms with E-state index in [4.69, 9.17) is 0 Å². The Morgan fingerprint density at radius 2 is 2.16 bits per heavy atom. The lowest BCUT2D eigenvalue weighted by molar-refractivity contribution is -0.0516. The Bertz CT molecular complexity index is 462. The molecule has 2 aliphatic heterocycles. The van der Waals surface area contributed by atoms with Crippen LogP contribution in [-0.4, -0.2) is 41.3 Å². The molecule has 1 aromatic rings. The van der Waals surface area contributed by atoms with Gasteiger partial charge in [-0.05, 0) is 51.3 Å². The van der Waals surface area contributed by atoms with Crippen LogP contribution in [0.1, 0.15) is 31.7 Å². The lowest BCUT2D eigenvalue weighted by atomic mass is 9.77. The van der Waals surface area contributed by atoms with Crippen molar-refractivity contribution in [3.05, 3.63) is 29.8 Å². The highest BCUT2D eigenvalue weighted by molar-refractivity contribution is 5.54. The summed E-state index contributed by atoms with van der Waals surface area (Å²) in [6, 6.07) is 9.11. The fourth-order valence-electron chi connectivity index (χ4n) is 3.52. The highest BCUT2D eigenvalue weighted by Gasteiger charge is 2.42. The van der Waals surface area contributed by atoms with Crippen molar-refractivity contribution in [2.45, 2.75) is 50.3 Å². The summed E-state index contributed by atoms with van der Waals surface area (Å²) >= 11 is 0. The van der Waals surface area contributed by atoms with Gasteiger partial charge in [-0.1, -0.05) is 18.2 Å². The molecule has 0 saturated carbocycles. The maximum absolute atomic E-state index is 11.0. The Labute approximate surface area is 115 Å². The third kappa shape index (κ3) is 2.37. The van der Waals surface area contributed by atoms with Gasteiger partial charge in [-0.25, -0.2) is 0 Å². The molecule has 1 fully saturated rings. The van der Waals surface area contributed by atoms with E-state index in [0.717, 1.165) is 32.2 Å². The van der Waals surface area contributed by atoms with Gasteiger partial charge in [0.05, 0.1) is 11.6 Å². The van der Waals surface area contributed by atoms with Gasteiger partial charge < -0.3 is 15.3 Å². The third-order valence-corrected chi connectivity index (χ3v) is 5.00. The van der Waals surface area contributed by atoms with E-state index < -0.39 is 5.60 Å². The summed E-state index contributed by atoms with van der Waals surface area (Å²) in [6.45, 7) is 3.19. The van der Waals surface area contributed by atoms with Crippen LogP contribution in [0.2, 0.25) is 0 Å². The number of rotatable bonds is 1. The van der Waals surface area contributed by atoms with E-state index in [2.05, 4.69) is 48.5 Å². The van der Waals surface area contributed by atoms with Gasteiger partial charge in [-0.15, -0.1) is 0 Å². The molecule has 3 atom stereocenters. The van der Waals surface area contributed by atoms with Gasteiger partial charge in [0.2, 0.25) is 0 Å². The fraction of sp³-hybridized carbons (Fsp3) is 0.625. The largest absolute Gasteiger partial charge is 0.388 e. The molecule has 3 rings (SSSR count). The van der Waals surface area contributed by atoms with Gasteiger partial charge in [-0.3, -0.25) is 0 Å². The summed E-state index contributed by atoms with van der Waals surface area (Å²) in [4.78, 5) is 2.34. The van der Waals surface area contributed by atoms with Crippen molar-refractivity contribution in [1.82, 2.24) is 4.90 Å². The van der Waals surface area contributed by atoms with Crippen LogP contribution < -0.4 is 5.32 Å². The zero-order chi connectivity index (χ0) is 13.5. The van der Waals surface area contributed by atoms with Crippen LogP contribution in [0.3, 0.4) is 0 Å². The lowest BCUT2D eigenvalue weighted by Gasteiger charge is -2.47. The number of benzene rings is 1. The van der Waals surface area contributed by atoms with Gasteiger partial charge in [0.15, 0.2) is 0 Å². The second-order valence-electron chi connectivity index (χ2n) is 6.28. The molecule has 0 radical (unpaired) electrons. The summed E-state index contributed by atoms with van der Waals surface area (Å²) in [7, 11) is 2.15. The monoisotopic (exact) mass is 260 g/mol. The molecule has 104 valence electrons. The Kier molecular flexibility index (Phi) is 3.27. The molecular formula is C16H24N2O. The van der Waals surface area contributed by atoms with Crippen LogP contribution in [0.5, 0.6) is 0 Å².